The molecule has 128 valence electrons. The number of Topliss-reactive ketones (excluding diaryl/α,β-unsaturated/α-hetero) is 2. The second-order valence-electron chi connectivity index (χ2n) is 5.10. The van der Waals surface area contributed by atoms with Crippen LogP contribution in [0.15, 0.2) is 68.2 Å². The molecule has 0 N–H and O–H groups in total. The van der Waals surface area contributed by atoms with E-state index in [1.807, 2.05) is 0 Å². The highest BCUT2D eigenvalue weighted by molar-refractivity contribution is 9.10. The normalized spacial score (nSPS) is 15.0. The van der Waals surface area contributed by atoms with Gasteiger partial charge < -0.3 is 14.0 Å². The quantitative estimate of drug-likeness (QED) is 0.707. The summed E-state index contributed by atoms with van der Waals surface area (Å²) >= 11 is 1.71. The zero-order valence-corrected chi connectivity index (χ0v) is 15.8. The molecule has 0 aliphatic heterocycles. The number of hydrogen-bond acceptors (Lipinski definition) is 5. The Morgan fingerprint density at radius 2 is 1.48 bits per heavy atom. The molecule has 0 amide bonds. The van der Waals surface area contributed by atoms with Crippen LogP contribution in [0.1, 0.15) is 20.7 Å². The van der Waals surface area contributed by atoms with Crippen LogP contribution in [0.3, 0.4) is 0 Å². The largest absolute Gasteiger partial charge is 0.606 e. The molecule has 0 fully saturated rings. The maximum atomic E-state index is 13.1. The Hall–Kier alpha value is -2.09. The summed E-state index contributed by atoms with van der Waals surface area (Å²) in [6, 6.07) is 11.7. The van der Waals surface area contributed by atoms with Gasteiger partial charge in [-0.15, -0.1) is 0 Å². The Bertz CT molecular complexity index is 906. The third-order valence-corrected chi connectivity index (χ3v) is 6.21. The molecule has 7 heteroatoms. The summed E-state index contributed by atoms with van der Waals surface area (Å²) in [5.41, 5.74) is 0.236. The molecule has 0 saturated heterocycles. The maximum absolute atomic E-state index is 13.1. The van der Waals surface area contributed by atoms with Crippen molar-refractivity contribution in [1.82, 2.24) is 0 Å². The number of ketones is 2. The van der Waals surface area contributed by atoms with Crippen molar-refractivity contribution in [3.63, 3.8) is 0 Å². The van der Waals surface area contributed by atoms with Crippen LogP contribution in [-0.2, 0) is 20.6 Å². The molecule has 0 spiro atoms. The molecule has 2 aromatic carbocycles. The number of benzene rings is 2. The van der Waals surface area contributed by atoms with Gasteiger partial charge in [0.05, 0.1) is 24.3 Å². The Labute approximate surface area is 155 Å². The van der Waals surface area contributed by atoms with Gasteiger partial charge >= 0.3 is 0 Å². The first-order valence-corrected chi connectivity index (χ1v) is 9.16. The predicted octanol–water partition coefficient (Wildman–Crippen LogP) is 3.50. The van der Waals surface area contributed by atoms with Crippen LogP contribution < -0.4 is 0 Å². The predicted molar refractivity (Wildman–Crippen MR) is 95.0 cm³/mol. The van der Waals surface area contributed by atoms with E-state index in [4.69, 9.17) is 9.47 Å². The first kappa shape index (κ1) is 17.7. The molecule has 0 bridgehead atoms. The molecular formula is C18H13BrO5S. The Morgan fingerprint density at radius 3 is 2.12 bits per heavy atom. The molecule has 1 aliphatic carbocycles. The van der Waals surface area contributed by atoms with Crippen molar-refractivity contribution in [3.05, 3.63) is 69.6 Å². The van der Waals surface area contributed by atoms with Gasteiger partial charge in [-0.25, -0.2) is 0 Å². The molecule has 0 radical (unpaired) electrons. The number of halogens is 1. The molecule has 0 aromatic heterocycles. The van der Waals surface area contributed by atoms with E-state index in [9.17, 15) is 14.1 Å². The highest BCUT2D eigenvalue weighted by Gasteiger charge is 2.39. The molecule has 5 nitrogen and oxygen atoms in total. The molecule has 25 heavy (non-hydrogen) atoms. The van der Waals surface area contributed by atoms with Crippen molar-refractivity contribution in [3.8, 4) is 0 Å². The van der Waals surface area contributed by atoms with Gasteiger partial charge in [0, 0.05) is 16.7 Å². The van der Waals surface area contributed by atoms with Gasteiger partial charge in [-0.3, -0.25) is 9.59 Å². The average Bonchev–Trinajstić information content (AvgIpc) is 2.63. The van der Waals surface area contributed by atoms with Crippen molar-refractivity contribution in [2.45, 2.75) is 9.79 Å². The van der Waals surface area contributed by atoms with Gasteiger partial charge in [-0.1, -0.05) is 18.2 Å². The van der Waals surface area contributed by atoms with Crippen LogP contribution in [0.4, 0.5) is 0 Å². The minimum absolute atomic E-state index is 0.0826. The highest BCUT2D eigenvalue weighted by Crippen LogP contribution is 2.35. The molecular weight excluding hydrogens is 408 g/mol. The zero-order chi connectivity index (χ0) is 18.1. The number of carbonyl (C=O) groups is 2. The lowest BCUT2D eigenvalue weighted by Gasteiger charge is -2.21. The summed E-state index contributed by atoms with van der Waals surface area (Å²) in [5, 5.41) is 0. The standard InChI is InChI=1S/C18H13BrO5S/c1-23-17-15(20)10-6-5-9-13(14(10)16(21)18(17)24-2)25(22)12-8-4-3-7-11(12)19/h3-9H,1-2H3. The van der Waals surface area contributed by atoms with E-state index in [0.717, 1.165) is 0 Å². The minimum atomic E-state index is -1.65. The molecule has 1 aliphatic rings. The lowest BCUT2D eigenvalue weighted by atomic mass is 9.92. The van der Waals surface area contributed by atoms with Crippen LogP contribution in [0.25, 0.3) is 0 Å². The molecule has 1 atom stereocenters. The van der Waals surface area contributed by atoms with Crippen LogP contribution in [0, 0.1) is 0 Å². The number of allylic oxidation sites excluding steroid dienone is 2. The summed E-state index contributed by atoms with van der Waals surface area (Å²) in [6.07, 6.45) is 0. The molecule has 1 unspecified atom stereocenters. The monoisotopic (exact) mass is 420 g/mol. The molecule has 3 rings (SSSR count). The topological polar surface area (TPSA) is 75.7 Å². The van der Waals surface area contributed by atoms with E-state index in [1.54, 1.807) is 36.4 Å². The first-order valence-electron chi connectivity index (χ1n) is 7.22. The number of carbonyl (C=O) groups excluding carboxylic acids is 2. The van der Waals surface area contributed by atoms with Crippen molar-refractivity contribution in [2.24, 2.45) is 0 Å². The maximum Gasteiger partial charge on any atom is 0.237 e. The smallest absolute Gasteiger partial charge is 0.237 e. The summed E-state index contributed by atoms with van der Waals surface area (Å²) in [7, 11) is 2.59. The van der Waals surface area contributed by atoms with Crippen LogP contribution in [0.2, 0.25) is 0 Å². The number of fused-ring (bicyclic) bond motifs is 1. The summed E-state index contributed by atoms with van der Waals surface area (Å²) < 4.78 is 23.8. The third kappa shape index (κ3) is 2.88. The van der Waals surface area contributed by atoms with Gasteiger partial charge in [-0.05, 0) is 40.2 Å². The van der Waals surface area contributed by atoms with Crippen molar-refractivity contribution < 1.29 is 23.6 Å². The summed E-state index contributed by atoms with van der Waals surface area (Å²) in [5.74, 6) is -1.33. The van der Waals surface area contributed by atoms with E-state index < -0.39 is 22.7 Å². The van der Waals surface area contributed by atoms with E-state index in [-0.39, 0.29) is 27.5 Å². The van der Waals surface area contributed by atoms with Gasteiger partial charge in [0.25, 0.3) is 0 Å². The van der Waals surface area contributed by atoms with E-state index in [0.29, 0.717) is 9.37 Å². The van der Waals surface area contributed by atoms with Gasteiger partial charge in [0.2, 0.25) is 23.1 Å². The first-order chi connectivity index (χ1) is 12.0. The van der Waals surface area contributed by atoms with Gasteiger partial charge in [0.15, 0.2) is 9.79 Å². The molecule has 0 heterocycles. The van der Waals surface area contributed by atoms with Crippen molar-refractivity contribution >= 4 is 38.7 Å². The Kier molecular flexibility index (Phi) is 4.99. The minimum Gasteiger partial charge on any atom is -0.606 e. The number of hydrogen-bond donors (Lipinski definition) is 0. The third-order valence-electron chi connectivity index (χ3n) is 3.76. The lowest BCUT2D eigenvalue weighted by molar-refractivity contribution is 0.0826. The Balaban J connectivity index is 2.20. The summed E-state index contributed by atoms with van der Waals surface area (Å²) in [6.45, 7) is 0. The SMILES string of the molecule is COC1=C(OC)C(=O)c2c(cccc2[S+]([O-])c2ccccc2Br)C1=O. The number of rotatable bonds is 4. The molecule has 0 saturated carbocycles. The zero-order valence-electron chi connectivity index (χ0n) is 13.4. The Morgan fingerprint density at radius 1 is 0.880 bits per heavy atom. The lowest BCUT2D eigenvalue weighted by Crippen LogP contribution is -2.26. The fourth-order valence-electron chi connectivity index (χ4n) is 2.64. The van der Waals surface area contributed by atoms with E-state index in [2.05, 4.69) is 15.9 Å². The average molecular weight is 421 g/mol. The van der Waals surface area contributed by atoms with Gasteiger partial charge in [-0.2, -0.15) is 0 Å². The second kappa shape index (κ2) is 7.03. The second-order valence-corrected chi connectivity index (χ2v) is 7.37. The fourth-order valence-corrected chi connectivity index (χ4v) is 4.64. The van der Waals surface area contributed by atoms with E-state index in [1.165, 1.54) is 20.3 Å². The number of ether oxygens (including phenoxy) is 2. The summed E-state index contributed by atoms with van der Waals surface area (Å²) in [4.78, 5) is 26.2. The number of methoxy groups -OCH3 is 2. The van der Waals surface area contributed by atoms with Crippen LogP contribution in [0.5, 0.6) is 0 Å². The van der Waals surface area contributed by atoms with Crippen molar-refractivity contribution in [2.75, 3.05) is 14.2 Å². The van der Waals surface area contributed by atoms with Crippen LogP contribution in [-0.4, -0.2) is 30.3 Å². The van der Waals surface area contributed by atoms with Crippen LogP contribution >= 0.6 is 15.9 Å². The van der Waals surface area contributed by atoms with Gasteiger partial charge in [0.1, 0.15) is 0 Å². The van der Waals surface area contributed by atoms with E-state index >= 15 is 0 Å². The molecule has 2 aromatic rings. The van der Waals surface area contributed by atoms with Crippen molar-refractivity contribution in [1.29, 1.82) is 0 Å². The highest BCUT2D eigenvalue weighted by atomic mass is 79.9. The fraction of sp³-hybridized carbons (Fsp3) is 0.111.